The van der Waals surface area contributed by atoms with Gasteiger partial charge in [-0.2, -0.15) is 5.10 Å². The van der Waals surface area contributed by atoms with E-state index in [0.717, 1.165) is 42.1 Å². The van der Waals surface area contributed by atoms with Gasteiger partial charge in [-0.05, 0) is 20.3 Å². The van der Waals surface area contributed by atoms with Crippen LogP contribution in [0.3, 0.4) is 0 Å². The predicted octanol–water partition coefficient (Wildman–Crippen LogP) is 2.46. The maximum Gasteiger partial charge on any atom is 0.158 e. The van der Waals surface area contributed by atoms with Gasteiger partial charge in [0.2, 0.25) is 0 Å². The van der Waals surface area contributed by atoms with Crippen molar-refractivity contribution in [2.45, 2.75) is 32.7 Å². The second kappa shape index (κ2) is 5.92. The average molecular weight is 285 g/mol. The minimum atomic E-state index is 0.318. The lowest BCUT2D eigenvalue weighted by Gasteiger charge is -2.17. The Bertz CT molecular complexity index is 560. The molecule has 0 saturated carbocycles. The van der Waals surface area contributed by atoms with Crippen molar-refractivity contribution in [2.24, 2.45) is 7.05 Å². The molecule has 0 fully saturated rings. The zero-order valence-electron chi connectivity index (χ0n) is 12.0. The molecule has 2 rings (SSSR count). The van der Waals surface area contributed by atoms with Crippen molar-refractivity contribution in [3.63, 3.8) is 0 Å². The molecule has 0 bridgehead atoms. The third kappa shape index (κ3) is 2.62. The Morgan fingerprint density at radius 1 is 1.42 bits per heavy atom. The Balaban J connectivity index is 2.50. The summed E-state index contributed by atoms with van der Waals surface area (Å²) in [5.41, 5.74) is 3.01. The number of rotatable bonds is 6. The molecule has 0 radical (unpaired) electrons. The van der Waals surface area contributed by atoms with Gasteiger partial charge in [-0.1, -0.05) is 0 Å². The molecule has 0 aliphatic rings. The summed E-state index contributed by atoms with van der Waals surface area (Å²) in [4.78, 5) is 4.71. The van der Waals surface area contributed by atoms with Crippen LogP contribution < -0.4 is 0 Å². The van der Waals surface area contributed by atoms with Crippen molar-refractivity contribution >= 4 is 22.8 Å². The van der Waals surface area contributed by atoms with E-state index in [0.29, 0.717) is 11.9 Å². The molecule has 19 heavy (non-hydrogen) atoms. The lowest BCUT2D eigenvalue weighted by Crippen LogP contribution is -2.14. The van der Waals surface area contributed by atoms with E-state index in [1.807, 2.05) is 18.7 Å². The molecular formula is C13H21ClN4O. The van der Waals surface area contributed by atoms with Crippen LogP contribution in [0, 0.1) is 6.92 Å². The Kier molecular flexibility index (Phi) is 4.47. The maximum absolute atomic E-state index is 5.89. The van der Waals surface area contributed by atoms with E-state index in [4.69, 9.17) is 21.3 Å². The van der Waals surface area contributed by atoms with Crippen molar-refractivity contribution in [3.8, 4) is 0 Å². The van der Waals surface area contributed by atoms with E-state index >= 15 is 0 Å². The molecule has 0 amide bonds. The quantitative estimate of drug-likeness (QED) is 0.766. The molecule has 0 aliphatic carbocycles. The van der Waals surface area contributed by atoms with Crippen LogP contribution in [-0.4, -0.2) is 38.9 Å². The topological polar surface area (TPSA) is 44.9 Å². The van der Waals surface area contributed by atoms with Crippen LogP contribution >= 0.6 is 11.6 Å². The number of halogens is 1. The minimum Gasteiger partial charge on any atom is -0.385 e. The van der Waals surface area contributed by atoms with Crippen molar-refractivity contribution in [3.05, 3.63) is 11.5 Å². The highest BCUT2D eigenvalue weighted by atomic mass is 35.5. The van der Waals surface area contributed by atoms with Crippen LogP contribution in [-0.2, 0) is 18.2 Å². The predicted molar refractivity (Wildman–Crippen MR) is 76.9 cm³/mol. The molecule has 2 aromatic rings. The van der Waals surface area contributed by atoms with Crippen LogP contribution in [0.2, 0.25) is 0 Å². The van der Waals surface area contributed by atoms with Gasteiger partial charge in [-0.15, -0.1) is 11.6 Å². The lowest BCUT2D eigenvalue weighted by atomic mass is 10.2. The molecule has 0 aliphatic heterocycles. The van der Waals surface area contributed by atoms with Crippen molar-refractivity contribution < 1.29 is 4.74 Å². The molecule has 0 saturated heterocycles. The molecule has 1 unspecified atom stereocenters. The summed E-state index contributed by atoms with van der Waals surface area (Å²) in [7, 11) is 3.69. The van der Waals surface area contributed by atoms with Gasteiger partial charge in [0.1, 0.15) is 11.3 Å². The van der Waals surface area contributed by atoms with E-state index in [-0.39, 0.29) is 0 Å². The fourth-order valence-corrected chi connectivity index (χ4v) is 2.65. The SMILES string of the molecule is COCCC(C)n1c(CCCl)nc2c(C)nn(C)c21. The highest BCUT2D eigenvalue weighted by Crippen LogP contribution is 2.25. The number of nitrogens with zero attached hydrogens (tertiary/aromatic N) is 4. The van der Waals surface area contributed by atoms with E-state index in [2.05, 4.69) is 16.6 Å². The first-order chi connectivity index (χ1) is 9.10. The number of fused-ring (bicyclic) bond motifs is 1. The maximum atomic E-state index is 5.89. The van der Waals surface area contributed by atoms with Gasteiger partial charge in [0.15, 0.2) is 5.65 Å². The van der Waals surface area contributed by atoms with Gasteiger partial charge in [0.25, 0.3) is 0 Å². The molecule has 0 N–H and O–H groups in total. The largest absolute Gasteiger partial charge is 0.385 e. The number of hydrogen-bond acceptors (Lipinski definition) is 3. The second-order valence-electron chi connectivity index (χ2n) is 4.85. The standard InChI is InChI=1S/C13H21ClN4O/c1-9(6-8-19-4)18-11(5-7-14)15-12-10(2)16-17(3)13(12)18/h9H,5-8H2,1-4H3. The molecule has 6 heteroatoms. The summed E-state index contributed by atoms with van der Waals surface area (Å²) in [5.74, 6) is 1.61. The van der Waals surface area contributed by atoms with Gasteiger partial charge < -0.3 is 9.30 Å². The number of hydrogen-bond donors (Lipinski definition) is 0. The van der Waals surface area contributed by atoms with Crippen molar-refractivity contribution in [1.82, 2.24) is 19.3 Å². The fraction of sp³-hybridized carbons (Fsp3) is 0.692. The molecule has 106 valence electrons. The summed E-state index contributed by atoms with van der Waals surface area (Å²) in [6, 6.07) is 0.318. The van der Waals surface area contributed by atoms with E-state index < -0.39 is 0 Å². The fourth-order valence-electron chi connectivity index (χ4n) is 2.48. The molecule has 1 atom stereocenters. The molecule has 2 aromatic heterocycles. The Morgan fingerprint density at radius 2 is 2.16 bits per heavy atom. The Hall–Kier alpha value is -1.07. The summed E-state index contributed by atoms with van der Waals surface area (Å²) in [5, 5.41) is 4.44. The molecular weight excluding hydrogens is 264 g/mol. The summed E-state index contributed by atoms with van der Waals surface area (Å²) in [6.45, 7) is 4.90. The van der Waals surface area contributed by atoms with Crippen molar-refractivity contribution in [2.75, 3.05) is 19.6 Å². The minimum absolute atomic E-state index is 0.318. The highest BCUT2D eigenvalue weighted by molar-refractivity contribution is 6.17. The molecule has 0 spiro atoms. The number of alkyl halides is 1. The summed E-state index contributed by atoms with van der Waals surface area (Å²) < 4.78 is 9.32. The number of methoxy groups -OCH3 is 1. The van der Waals surface area contributed by atoms with Gasteiger partial charge >= 0.3 is 0 Å². The smallest absolute Gasteiger partial charge is 0.158 e. The third-order valence-corrected chi connectivity index (χ3v) is 3.60. The van der Waals surface area contributed by atoms with Gasteiger partial charge in [0.05, 0.1) is 5.69 Å². The van der Waals surface area contributed by atoms with Crippen molar-refractivity contribution in [1.29, 1.82) is 0 Å². The van der Waals surface area contributed by atoms with Gasteiger partial charge in [0, 0.05) is 39.1 Å². The van der Waals surface area contributed by atoms with E-state index in [1.165, 1.54) is 0 Å². The number of aromatic nitrogens is 4. The van der Waals surface area contributed by atoms with Crippen LogP contribution in [0.5, 0.6) is 0 Å². The first-order valence-electron chi connectivity index (χ1n) is 6.55. The molecule has 0 aromatic carbocycles. The summed E-state index contributed by atoms with van der Waals surface area (Å²) >= 11 is 5.89. The van der Waals surface area contributed by atoms with E-state index in [1.54, 1.807) is 7.11 Å². The molecule has 5 nitrogen and oxygen atoms in total. The van der Waals surface area contributed by atoms with Crippen LogP contribution in [0.15, 0.2) is 0 Å². The van der Waals surface area contributed by atoms with E-state index in [9.17, 15) is 0 Å². The zero-order chi connectivity index (χ0) is 14.0. The Labute approximate surface area is 118 Å². The summed E-state index contributed by atoms with van der Waals surface area (Å²) in [6.07, 6.45) is 1.72. The normalized spacial score (nSPS) is 13.3. The van der Waals surface area contributed by atoms with Crippen LogP contribution in [0.25, 0.3) is 11.2 Å². The van der Waals surface area contributed by atoms with Crippen LogP contribution in [0.1, 0.15) is 30.9 Å². The third-order valence-electron chi connectivity index (χ3n) is 3.41. The number of aryl methyl sites for hydroxylation is 3. The Morgan fingerprint density at radius 3 is 2.79 bits per heavy atom. The second-order valence-corrected chi connectivity index (χ2v) is 5.23. The zero-order valence-corrected chi connectivity index (χ0v) is 12.7. The monoisotopic (exact) mass is 284 g/mol. The first-order valence-corrected chi connectivity index (χ1v) is 7.08. The highest BCUT2D eigenvalue weighted by Gasteiger charge is 2.20. The number of ether oxygens (including phenoxy) is 1. The lowest BCUT2D eigenvalue weighted by molar-refractivity contribution is 0.181. The average Bonchev–Trinajstić information content (AvgIpc) is 2.87. The molecule has 2 heterocycles. The van der Waals surface area contributed by atoms with Gasteiger partial charge in [-0.3, -0.25) is 4.68 Å². The number of imidazole rings is 1. The van der Waals surface area contributed by atoms with Gasteiger partial charge in [-0.25, -0.2) is 4.98 Å². The van der Waals surface area contributed by atoms with Crippen LogP contribution in [0.4, 0.5) is 0 Å². The first kappa shape index (κ1) is 14.3.